The second-order valence-electron chi connectivity index (χ2n) is 5.89. The first kappa shape index (κ1) is 15.4. The first-order chi connectivity index (χ1) is 12.2. The minimum atomic E-state index is -0.0457. The zero-order valence-electron chi connectivity index (χ0n) is 13.8. The van der Waals surface area contributed by atoms with Crippen LogP contribution in [0, 0.1) is 6.92 Å². The number of anilines is 1. The predicted molar refractivity (Wildman–Crippen MR) is 94.3 cm³/mol. The van der Waals surface area contributed by atoms with Gasteiger partial charge < -0.3 is 14.2 Å². The maximum absolute atomic E-state index is 12.1. The molecular weight excluding hydrogens is 318 g/mol. The largest absolute Gasteiger partial charge is 0.441 e. The molecule has 6 nitrogen and oxygen atoms in total. The van der Waals surface area contributed by atoms with Crippen molar-refractivity contribution in [3.63, 3.8) is 0 Å². The van der Waals surface area contributed by atoms with Crippen LogP contribution in [0.15, 0.2) is 51.3 Å². The van der Waals surface area contributed by atoms with E-state index in [1.165, 1.54) is 0 Å². The van der Waals surface area contributed by atoms with E-state index >= 15 is 0 Å². The van der Waals surface area contributed by atoms with Crippen molar-refractivity contribution in [1.29, 1.82) is 0 Å². The van der Waals surface area contributed by atoms with Gasteiger partial charge in [-0.25, -0.2) is 9.97 Å². The Morgan fingerprint density at radius 2 is 1.88 bits per heavy atom. The Kier molecular flexibility index (Phi) is 3.93. The van der Waals surface area contributed by atoms with Crippen LogP contribution in [0.3, 0.4) is 0 Å². The van der Waals surface area contributed by atoms with Gasteiger partial charge in [-0.3, -0.25) is 4.79 Å². The Balaban J connectivity index is 1.33. The lowest BCUT2D eigenvalue weighted by Gasteiger charge is -2.04. The van der Waals surface area contributed by atoms with E-state index in [0.29, 0.717) is 42.3 Å². The number of benzene rings is 2. The molecule has 25 heavy (non-hydrogen) atoms. The number of amides is 1. The summed E-state index contributed by atoms with van der Waals surface area (Å²) in [6.45, 7) is 1.80. The third-order valence-corrected chi connectivity index (χ3v) is 3.91. The van der Waals surface area contributed by atoms with Crippen molar-refractivity contribution in [3.05, 3.63) is 54.2 Å². The highest BCUT2D eigenvalue weighted by Crippen LogP contribution is 2.20. The summed E-state index contributed by atoms with van der Waals surface area (Å²) in [4.78, 5) is 20.8. The van der Waals surface area contributed by atoms with E-state index in [4.69, 9.17) is 8.83 Å². The van der Waals surface area contributed by atoms with Crippen LogP contribution >= 0.6 is 0 Å². The fourth-order valence-electron chi connectivity index (χ4n) is 2.77. The molecule has 0 aliphatic carbocycles. The number of fused-ring (bicyclic) bond motifs is 2. The van der Waals surface area contributed by atoms with E-state index < -0.39 is 0 Å². The zero-order valence-corrected chi connectivity index (χ0v) is 13.8. The first-order valence-electron chi connectivity index (χ1n) is 8.19. The molecule has 6 heteroatoms. The molecule has 0 aliphatic rings. The zero-order chi connectivity index (χ0) is 17.2. The Morgan fingerprint density at radius 3 is 2.76 bits per heavy atom. The number of hydrogen-bond donors (Lipinski definition) is 1. The van der Waals surface area contributed by atoms with Crippen molar-refractivity contribution in [2.24, 2.45) is 0 Å². The molecule has 0 spiro atoms. The number of aromatic nitrogens is 2. The molecule has 2 aromatic carbocycles. The molecule has 4 aromatic rings. The maximum atomic E-state index is 12.1. The molecule has 0 saturated carbocycles. The van der Waals surface area contributed by atoms with Gasteiger partial charge in [0, 0.05) is 25.5 Å². The average Bonchev–Trinajstić information content (AvgIpc) is 3.16. The van der Waals surface area contributed by atoms with Crippen molar-refractivity contribution < 1.29 is 13.6 Å². The Hall–Kier alpha value is -3.15. The van der Waals surface area contributed by atoms with E-state index in [1.807, 2.05) is 42.5 Å². The molecule has 1 N–H and O–H groups in total. The lowest BCUT2D eigenvalue weighted by molar-refractivity contribution is -0.116. The van der Waals surface area contributed by atoms with Crippen LogP contribution < -0.4 is 5.32 Å². The smallest absolute Gasteiger partial charge is 0.224 e. The molecule has 0 bridgehead atoms. The molecule has 2 heterocycles. The number of nitrogens with zero attached hydrogens (tertiary/aromatic N) is 2. The maximum Gasteiger partial charge on any atom is 0.224 e. The Bertz CT molecular complexity index is 1020. The third-order valence-electron chi connectivity index (χ3n) is 3.91. The lowest BCUT2D eigenvalue weighted by atomic mass is 10.2. The second kappa shape index (κ2) is 6.39. The van der Waals surface area contributed by atoms with Gasteiger partial charge in [0.2, 0.25) is 5.91 Å². The number of carbonyl (C=O) groups excluding carboxylic acids is 1. The summed E-state index contributed by atoms with van der Waals surface area (Å²) in [6, 6.07) is 13.1. The van der Waals surface area contributed by atoms with Gasteiger partial charge in [0.05, 0.1) is 0 Å². The molecule has 126 valence electrons. The molecule has 0 unspecified atom stereocenters. The molecule has 0 aliphatic heterocycles. The summed E-state index contributed by atoms with van der Waals surface area (Å²) in [5.41, 5.74) is 3.79. The van der Waals surface area contributed by atoms with E-state index in [0.717, 1.165) is 16.6 Å². The monoisotopic (exact) mass is 335 g/mol. The molecule has 0 saturated heterocycles. The van der Waals surface area contributed by atoms with Gasteiger partial charge in [-0.2, -0.15) is 0 Å². The summed E-state index contributed by atoms with van der Waals surface area (Å²) >= 11 is 0. The Morgan fingerprint density at radius 1 is 1.04 bits per heavy atom. The van der Waals surface area contributed by atoms with Crippen LogP contribution in [0.2, 0.25) is 0 Å². The Labute approximate surface area is 143 Å². The van der Waals surface area contributed by atoms with E-state index in [2.05, 4.69) is 15.3 Å². The van der Waals surface area contributed by atoms with E-state index in [1.54, 1.807) is 6.92 Å². The van der Waals surface area contributed by atoms with Crippen molar-refractivity contribution in [2.45, 2.75) is 26.2 Å². The second-order valence-corrected chi connectivity index (χ2v) is 5.89. The summed E-state index contributed by atoms with van der Waals surface area (Å²) in [5.74, 6) is 1.22. The lowest BCUT2D eigenvalue weighted by Crippen LogP contribution is -2.11. The summed E-state index contributed by atoms with van der Waals surface area (Å²) in [6.07, 6.45) is 1.70. The van der Waals surface area contributed by atoms with Gasteiger partial charge in [-0.1, -0.05) is 12.1 Å². The number of nitrogens with one attached hydrogen (secondary N) is 1. The van der Waals surface area contributed by atoms with Gasteiger partial charge in [0.1, 0.15) is 11.0 Å². The van der Waals surface area contributed by atoms with E-state index in [9.17, 15) is 4.79 Å². The quantitative estimate of drug-likeness (QED) is 0.590. The average molecular weight is 335 g/mol. The van der Waals surface area contributed by atoms with Crippen LogP contribution in [-0.2, 0) is 11.2 Å². The first-order valence-corrected chi connectivity index (χ1v) is 8.19. The van der Waals surface area contributed by atoms with Crippen molar-refractivity contribution in [2.75, 3.05) is 5.32 Å². The molecule has 2 aromatic heterocycles. The van der Waals surface area contributed by atoms with Crippen molar-refractivity contribution in [1.82, 2.24) is 9.97 Å². The molecule has 0 radical (unpaired) electrons. The number of para-hydroxylation sites is 2. The van der Waals surface area contributed by atoms with Crippen LogP contribution in [0.25, 0.3) is 22.2 Å². The molecule has 0 fully saturated rings. The fourth-order valence-corrected chi connectivity index (χ4v) is 2.77. The van der Waals surface area contributed by atoms with E-state index in [-0.39, 0.29) is 5.91 Å². The number of carbonyl (C=O) groups is 1. The van der Waals surface area contributed by atoms with Crippen LogP contribution in [0.4, 0.5) is 5.69 Å². The summed E-state index contributed by atoms with van der Waals surface area (Å²) in [7, 11) is 0. The topological polar surface area (TPSA) is 81.2 Å². The number of aryl methyl sites for hydroxylation is 2. The molecule has 0 atom stereocenters. The van der Waals surface area contributed by atoms with Crippen molar-refractivity contribution >= 4 is 33.8 Å². The van der Waals surface area contributed by atoms with Gasteiger partial charge in [-0.05, 0) is 36.8 Å². The fraction of sp³-hybridized carbons (Fsp3) is 0.211. The number of hydrogen-bond acceptors (Lipinski definition) is 5. The molecule has 1 amide bonds. The SMILES string of the molecule is Cc1nc2cc(NC(=O)CCCc3nc4ccccc4o3)ccc2o1. The highest BCUT2D eigenvalue weighted by atomic mass is 16.4. The summed E-state index contributed by atoms with van der Waals surface area (Å²) in [5, 5.41) is 2.88. The van der Waals surface area contributed by atoms with Gasteiger partial charge in [0.15, 0.2) is 22.9 Å². The highest BCUT2D eigenvalue weighted by Gasteiger charge is 2.09. The highest BCUT2D eigenvalue weighted by molar-refractivity contribution is 5.92. The summed E-state index contributed by atoms with van der Waals surface area (Å²) < 4.78 is 11.1. The predicted octanol–water partition coefficient (Wildman–Crippen LogP) is 4.24. The van der Waals surface area contributed by atoms with Gasteiger partial charge in [0.25, 0.3) is 0 Å². The number of oxazole rings is 2. The normalized spacial score (nSPS) is 11.2. The number of rotatable bonds is 5. The molecular formula is C19H17N3O3. The van der Waals surface area contributed by atoms with Gasteiger partial charge >= 0.3 is 0 Å². The third kappa shape index (κ3) is 3.38. The van der Waals surface area contributed by atoms with Crippen molar-refractivity contribution in [3.8, 4) is 0 Å². The van der Waals surface area contributed by atoms with Crippen LogP contribution in [0.5, 0.6) is 0 Å². The van der Waals surface area contributed by atoms with Gasteiger partial charge in [-0.15, -0.1) is 0 Å². The van der Waals surface area contributed by atoms with Crippen LogP contribution in [-0.4, -0.2) is 15.9 Å². The standard InChI is InChI=1S/C19H17N3O3/c1-12-20-15-11-13(9-10-17(15)24-12)21-18(23)7-4-8-19-22-14-5-2-3-6-16(14)25-19/h2-3,5-6,9-11H,4,7-8H2,1H3,(H,21,23). The minimum Gasteiger partial charge on any atom is -0.441 e. The molecule has 4 rings (SSSR count). The minimum absolute atomic E-state index is 0.0457. The van der Waals surface area contributed by atoms with Crippen LogP contribution in [0.1, 0.15) is 24.6 Å².